The van der Waals surface area contributed by atoms with Crippen LogP contribution in [0.2, 0.25) is 0 Å². The van der Waals surface area contributed by atoms with Crippen LogP contribution in [-0.2, 0) is 6.42 Å². The van der Waals surface area contributed by atoms with Crippen LogP contribution >= 0.6 is 0 Å². The molecule has 1 aromatic carbocycles. The van der Waals surface area contributed by atoms with Crippen molar-refractivity contribution in [3.63, 3.8) is 0 Å². The average Bonchev–Trinajstić information content (AvgIpc) is 2.30. The van der Waals surface area contributed by atoms with Gasteiger partial charge in [0.15, 0.2) is 5.43 Å². The summed E-state index contributed by atoms with van der Waals surface area (Å²) >= 11 is 0. The van der Waals surface area contributed by atoms with Crippen molar-refractivity contribution in [1.82, 2.24) is 4.98 Å². The van der Waals surface area contributed by atoms with Crippen molar-refractivity contribution in [1.29, 1.82) is 5.26 Å². The van der Waals surface area contributed by atoms with Gasteiger partial charge in [-0.2, -0.15) is 5.26 Å². The summed E-state index contributed by atoms with van der Waals surface area (Å²) in [6.07, 6.45) is 0.273. The second kappa shape index (κ2) is 4.92. The van der Waals surface area contributed by atoms with Crippen LogP contribution in [0.15, 0.2) is 29.1 Å². The third-order valence-electron chi connectivity index (χ3n) is 2.50. The Morgan fingerprint density at radius 2 is 2.17 bits per heavy atom. The van der Waals surface area contributed by atoms with Crippen molar-refractivity contribution in [3.05, 3.63) is 40.2 Å². The molecule has 0 spiro atoms. The van der Waals surface area contributed by atoms with Crippen molar-refractivity contribution < 1.29 is 4.74 Å². The van der Waals surface area contributed by atoms with Crippen molar-refractivity contribution in [3.8, 4) is 11.8 Å². The number of rotatable bonds is 3. The standard InChI is InChI=1S/C14H14N2O2/c1-9(2)18-11-3-4-13-12(8-11)14(17)7-10(16-13)5-6-15/h3-4,7-9H,5H2,1-2H3,(H,16,17). The highest BCUT2D eigenvalue weighted by molar-refractivity contribution is 5.80. The first kappa shape index (κ1) is 12.2. The highest BCUT2D eigenvalue weighted by atomic mass is 16.5. The molecule has 4 heteroatoms. The number of H-pyrrole nitrogens is 1. The van der Waals surface area contributed by atoms with E-state index in [-0.39, 0.29) is 18.0 Å². The van der Waals surface area contributed by atoms with E-state index in [0.717, 1.165) is 5.52 Å². The van der Waals surface area contributed by atoms with Gasteiger partial charge in [0.1, 0.15) is 5.75 Å². The van der Waals surface area contributed by atoms with Gasteiger partial charge in [-0.15, -0.1) is 0 Å². The van der Waals surface area contributed by atoms with Crippen molar-refractivity contribution in [2.24, 2.45) is 0 Å². The number of benzene rings is 1. The molecule has 0 bridgehead atoms. The second-order valence-corrected chi connectivity index (χ2v) is 4.37. The van der Waals surface area contributed by atoms with Crippen LogP contribution < -0.4 is 10.2 Å². The van der Waals surface area contributed by atoms with Crippen LogP contribution in [0.3, 0.4) is 0 Å². The van der Waals surface area contributed by atoms with Gasteiger partial charge in [-0.25, -0.2) is 0 Å². The van der Waals surface area contributed by atoms with Crippen LogP contribution in [0.1, 0.15) is 19.5 Å². The summed E-state index contributed by atoms with van der Waals surface area (Å²) in [7, 11) is 0. The first-order chi connectivity index (χ1) is 8.60. The molecule has 0 radical (unpaired) electrons. The van der Waals surface area contributed by atoms with Crippen LogP contribution in [0.25, 0.3) is 10.9 Å². The summed E-state index contributed by atoms with van der Waals surface area (Å²) in [5.74, 6) is 0.677. The quantitative estimate of drug-likeness (QED) is 0.898. The number of hydrogen-bond donors (Lipinski definition) is 1. The fraction of sp³-hybridized carbons (Fsp3) is 0.286. The Labute approximate surface area is 105 Å². The number of nitriles is 1. The van der Waals surface area contributed by atoms with E-state index in [1.54, 1.807) is 12.1 Å². The van der Waals surface area contributed by atoms with E-state index < -0.39 is 0 Å². The Balaban J connectivity index is 2.52. The SMILES string of the molecule is CC(C)Oc1ccc2[nH]c(CC#N)cc(=O)c2c1. The smallest absolute Gasteiger partial charge is 0.189 e. The maximum Gasteiger partial charge on any atom is 0.189 e. The summed E-state index contributed by atoms with van der Waals surface area (Å²) < 4.78 is 5.55. The summed E-state index contributed by atoms with van der Waals surface area (Å²) in [4.78, 5) is 15.0. The summed E-state index contributed by atoms with van der Waals surface area (Å²) in [6.45, 7) is 3.87. The molecule has 0 amide bonds. The Morgan fingerprint density at radius 3 is 2.83 bits per heavy atom. The van der Waals surface area contributed by atoms with Crippen LogP contribution in [0, 0.1) is 11.3 Å². The van der Waals surface area contributed by atoms with Crippen molar-refractivity contribution in [2.45, 2.75) is 26.4 Å². The topological polar surface area (TPSA) is 65.9 Å². The largest absolute Gasteiger partial charge is 0.491 e. The maximum atomic E-state index is 11.9. The number of pyridine rings is 1. The molecule has 0 fully saturated rings. The third-order valence-corrected chi connectivity index (χ3v) is 2.50. The molecule has 4 nitrogen and oxygen atoms in total. The lowest BCUT2D eigenvalue weighted by atomic mass is 10.1. The van der Waals surface area contributed by atoms with Gasteiger partial charge in [0.25, 0.3) is 0 Å². The number of fused-ring (bicyclic) bond motifs is 1. The van der Waals surface area contributed by atoms with E-state index in [9.17, 15) is 4.79 Å². The zero-order valence-corrected chi connectivity index (χ0v) is 10.4. The van der Waals surface area contributed by atoms with E-state index in [1.807, 2.05) is 26.0 Å². The van der Waals surface area contributed by atoms with Gasteiger partial charge in [0, 0.05) is 22.7 Å². The predicted molar refractivity (Wildman–Crippen MR) is 69.6 cm³/mol. The number of hydrogen-bond acceptors (Lipinski definition) is 3. The predicted octanol–water partition coefficient (Wildman–Crippen LogP) is 2.38. The zero-order chi connectivity index (χ0) is 13.1. The molecule has 1 heterocycles. The lowest BCUT2D eigenvalue weighted by Gasteiger charge is -2.10. The Kier molecular flexibility index (Phi) is 3.33. The van der Waals surface area contributed by atoms with E-state index in [0.29, 0.717) is 16.8 Å². The molecular weight excluding hydrogens is 228 g/mol. The highest BCUT2D eigenvalue weighted by Gasteiger charge is 2.05. The van der Waals surface area contributed by atoms with Gasteiger partial charge in [0.2, 0.25) is 0 Å². The highest BCUT2D eigenvalue weighted by Crippen LogP contribution is 2.18. The van der Waals surface area contributed by atoms with E-state index in [4.69, 9.17) is 10.00 Å². The Bertz CT molecular complexity index is 666. The number of nitrogens with zero attached hydrogens (tertiary/aromatic N) is 1. The maximum absolute atomic E-state index is 11.9. The Morgan fingerprint density at radius 1 is 1.39 bits per heavy atom. The molecule has 2 aromatic rings. The van der Waals surface area contributed by atoms with E-state index >= 15 is 0 Å². The van der Waals surface area contributed by atoms with Crippen molar-refractivity contribution in [2.75, 3.05) is 0 Å². The minimum absolute atomic E-state index is 0.0689. The number of aromatic nitrogens is 1. The molecule has 18 heavy (non-hydrogen) atoms. The fourth-order valence-electron chi connectivity index (χ4n) is 1.81. The van der Waals surface area contributed by atoms with Gasteiger partial charge in [-0.1, -0.05) is 0 Å². The molecule has 0 aliphatic carbocycles. The normalized spacial score (nSPS) is 10.6. The molecule has 1 N–H and O–H groups in total. The summed E-state index contributed by atoms with van der Waals surface area (Å²) in [6, 6.07) is 8.82. The molecule has 0 saturated heterocycles. The summed E-state index contributed by atoms with van der Waals surface area (Å²) in [5, 5.41) is 9.21. The fourth-order valence-corrected chi connectivity index (χ4v) is 1.81. The molecule has 0 atom stereocenters. The summed E-state index contributed by atoms with van der Waals surface area (Å²) in [5.41, 5.74) is 1.26. The van der Waals surface area contributed by atoms with Crippen molar-refractivity contribution >= 4 is 10.9 Å². The first-order valence-corrected chi connectivity index (χ1v) is 5.79. The van der Waals surface area contributed by atoms with E-state index in [2.05, 4.69) is 4.98 Å². The monoisotopic (exact) mass is 242 g/mol. The second-order valence-electron chi connectivity index (χ2n) is 4.37. The number of nitrogens with one attached hydrogen (secondary N) is 1. The average molecular weight is 242 g/mol. The molecule has 0 unspecified atom stereocenters. The van der Waals surface area contributed by atoms with Gasteiger partial charge in [0.05, 0.1) is 18.6 Å². The lowest BCUT2D eigenvalue weighted by molar-refractivity contribution is 0.243. The van der Waals surface area contributed by atoms with Crippen LogP contribution in [0.4, 0.5) is 0 Å². The van der Waals surface area contributed by atoms with Crippen LogP contribution in [-0.4, -0.2) is 11.1 Å². The molecule has 0 aliphatic rings. The Hall–Kier alpha value is -2.28. The van der Waals surface area contributed by atoms with Gasteiger partial charge in [-0.3, -0.25) is 4.79 Å². The number of ether oxygens (including phenoxy) is 1. The van der Waals surface area contributed by atoms with Gasteiger partial charge < -0.3 is 9.72 Å². The third kappa shape index (κ3) is 2.51. The van der Waals surface area contributed by atoms with Crippen LogP contribution in [0.5, 0.6) is 5.75 Å². The zero-order valence-electron chi connectivity index (χ0n) is 10.4. The molecule has 0 saturated carbocycles. The molecule has 0 aliphatic heterocycles. The van der Waals surface area contributed by atoms with Gasteiger partial charge in [-0.05, 0) is 32.0 Å². The first-order valence-electron chi connectivity index (χ1n) is 5.79. The molecule has 1 aromatic heterocycles. The molecule has 92 valence electrons. The molecular formula is C14H14N2O2. The lowest BCUT2D eigenvalue weighted by Crippen LogP contribution is -2.08. The minimum atomic E-state index is -0.0943. The number of aromatic amines is 1. The molecule has 2 rings (SSSR count). The van der Waals surface area contributed by atoms with E-state index in [1.165, 1.54) is 6.07 Å². The minimum Gasteiger partial charge on any atom is -0.491 e. The van der Waals surface area contributed by atoms with Gasteiger partial charge >= 0.3 is 0 Å².